The smallest absolute Gasteiger partial charge is 0.252 e. The van der Waals surface area contributed by atoms with Crippen LogP contribution in [0.2, 0.25) is 0 Å². The van der Waals surface area contributed by atoms with E-state index >= 15 is 0 Å². The summed E-state index contributed by atoms with van der Waals surface area (Å²) in [5.41, 5.74) is 1.80. The number of rotatable bonds is 7. The summed E-state index contributed by atoms with van der Waals surface area (Å²) in [5.74, 6) is -0.130. The predicted octanol–water partition coefficient (Wildman–Crippen LogP) is 3.33. The second-order valence-corrected chi connectivity index (χ2v) is 6.64. The lowest BCUT2D eigenvalue weighted by Gasteiger charge is -2.16. The van der Waals surface area contributed by atoms with Gasteiger partial charge in [-0.25, -0.2) is 0 Å². The van der Waals surface area contributed by atoms with Crippen molar-refractivity contribution < 1.29 is 9.59 Å². The first-order valence-electron chi connectivity index (χ1n) is 7.96. The zero-order valence-corrected chi connectivity index (χ0v) is 15.7. The van der Waals surface area contributed by atoms with Gasteiger partial charge in [0.25, 0.3) is 5.91 Å². The lowest BCUT2D eigenvalue weighted by atomic mass is 9.96. The molecule has 5 heteroatoms. The van der Waals surface area contributed by atoms with Gasteiger partial charge in [-0.05, 0) is 46.7 Å². The number of amides is 2. The van der Waals surface area contributed by atoms with Crippen molar-refractivity contribution in [2.24, 2.45) is 0 Å². The quantitative estimate of drug-likeness (QED) is 0.655. The van der Waals surface area contributed by atoms with Gasteiger partial charge in [0.2, 0.25) is 5.91 Å². The normalized spacial score (nSPS) is 11.6. The molecule has 24 heavy (non-hydrogen) atoms. The molecule has 1 atom stereocenters. The summed E-state index contributed by atoms with van der Waals surface area (Å²) in [5, 5.41) is 5.56. The fourth-order valence-corrected chi connectivity index (χ4v) is 3.06. The maximum absolute atomic E-state index is 12.1. The molecule has 0 radical (unpaired) electrons. The Kier molecular flexibility index (Phi) is 7.24. The topological polar surface area (TPSA) is 58.2 Å². The van der Waals surface area contributed by atoms with Crippen LogP contribution in [0.5, 0.6) is 0 Å². The zero-order chi connectivity index (χ0) is 17.4. The molecule has 2 aromatic carbocycles. The van der Waals surface area contributed by atoms with Gasteiger partial charge in [-0.2, -0.15) is 0 Å². The maximum Gasteiger partial charge on any atom is 0.252 e. The molecule has 0 heterocycles. The number of nitrogens with one attached hydrogen (secondary N) is 2. The van der Waals surface area contributed by atoms with Gasteiger partial charge in [0.05, 0.1) is 12.1 Å². The molecule has 2 N–H and O–H groups in total. The minimum atomic E-state index is -0.231. The molecule has 0 fully saturated rings. The van der Waals surface area contributed by atoms with Crippen LogP contribution < -0.4 is 10.6 Å². The Balaban J connectivity index is 1.81. The van der Waals surface area contributed by atoms with Gasteiger partial charge >= 0.3 is 0 Å². The van der Waals surface area contributed by atoms with Crippen molar-refractivity contribution in [1.82, 2.24) is 10.6 Å². The van der Waals surface area contributed by atoms with Crippen LogP contribution in [0.3, 0.4) is 0 Å². The molecule has 4 nitrogen and oxygen atoms in total. The number of carbonyl (C=O) groups excluding carboxylic acids is 2. The van der Waals surface area contributed by atoms with Crippen molar-refractivity contribution in [3.63, 3.8) is 0 Å². The summed E-state index contributed by atoms with van der Waals surface area (Å²) in [6.07, 6.45) is 0.943. The number of carbonyl (C=O) groups is 2. The van der Waals surface area contributed by atoms with Crippen molar-refractivity contribution >= 4 is 34.4 Å². The highest BCUT2D eigenvalue weighted by Crippen LogP contribution is 2.17. The Morgan fingerprint density at radius 2 is 1.67 bits per heavy atom. The third-order valence-electron chi connectivity index (χ3n) is 3.84. The first-order valence-corrected chi connectivity index (χ1v) is 9.04. The average molecular weight is 436 g/mol. The predicted molar refractivity (Wildman–Crippen MR) is 104 cm³/mol. The molecule has 0 bridgehead atoms. The monoisotopic (exact) mass is 436 g/mol. The van der Waals surface area contributed by atoms with Gasteiger partial charge in [-0.15, -0.1) is 0 Å². The van der Waals surface area contributed by atoms with Crippen LogP contribution in [-0.4, -0.2) is 24.9 Å². The molecule has 2 rings (SSSR count). The van der Waals surface area contributed by atoms with Crippen LogP contribution in [0.15, 0.2) is 54.6 Å². The summed E-state index contributed by atoms with van der Waals surface area (Å²) in [4.78, 5) is 24.1. The van der Waals surface area contributed by atoms with Gasteiger partial charge in [0, 0.05) is 16.0 Å². The van der Waals surface area contributed by atoms with Crippen molar-refractivity contribution in [2.45, 2.75) is 19.3 Å². The molecule has 2 amide bonds. The van der Waals surface area contributed by atoms with Gasteiger partial charge in [0.1, 0.15) is 0 Å². The van der Waals surface area contributed by atoms with Gasteiger partial charge in [0.15, 0.2) is 0 Å². The number of benzene rings is 2. The third kappa shape index (κ3) is 5.33. The molecule has 126 valence electrons. The second kappa shape index (κ2) is 9.42. The van der Waals surface area contributed by atoms with E-state index < -0.39 is 0 Å². The molecule has 0 aromatic heterocycles. The van der Waals surface area contributed by atoms with Crippen LogP contribution in [0.1, 0.15) is 35.2 Å². The summed E-state index contributed by atoms with van der Waals surface area (Å²) < 4.78 is 0.864. The van der Waals surface area contributed by atoms with E-state index in [9.17, 15) is 9.59 Å². The minimum absolute atomic E-state index is 0.0188. The molecule has 2 aromatic rings. The molecule has 0 saturated carbocycles. The number of hydrogen-bond donors (Lipinski definition) is 2. The van der Waals surface area contributed by atoms with Crippen molar-refractivity contribution in [3.8, 4) is 0 Å². The second-order valence-electron chi connectivity index (χ2n) is 5.48. The van der Waals surface area contributed by atoms with Crippen LogP contribution >= 0.6 is 22.6 Å². The Labute approximate surface area is 156 Å². The molecular formula is C19H21IN2O2. The Morgan fingerprint density at radius 1 is 1.00 bits per heavy atom. The molecular weight excluding hydrogens is 415 g/mol. The zero-order valence-electron chi connectivity index (χ0n) is 13.6. The van der Waals surface area contributed by atoms with Crippen LogP contribution in [0.25, 0.3) is 0 Å². The molecule has 0 spiro atoms. The van der Waals surface area contributed by atoms with Gasteiger partial charge in [-0.3, -0.25) is 9.59 Å². The highest BCUT2D eigenvalue weighted by atomic mass is 127. The fourth-order valence-electron chi connectivity index (χ4n) is 2.42. The van der Waals surface area contributed by atoms with Crippen LogP contribution in [0.4, 0.5) is 0 Å². The van der Waals surface area contributed by atoms with Crippen molar-refractivity contribution in [3.05, 3.63) is 69.3 Å². The van der Waals surface area contributed by atoms with Crippen molar-refractivity contribution in [2.75, 3.05) is 13.1 Å². The van der Waals surface area contributed by atoms with Gasteiger partial charge in [-0.1, -0.05) is 49.4 Å². The summed E-state index contributed by atoms with van der Waals surface area (Å²) >= 11 is 2.11. The van der Waals surface area contributed by atoms with Crippen LogP contribution in [-0.2, 0) is 4.79 Å². The van der Waals surface area contributed by atoms with E-state index in [4.69, 9.17) is 0 Å². The minimum Gasteiger partial charge on any atom is -0.354 e. The summed E-state index contributed by atoms with van der Waals surface area (Å²) in [6.45, 7) is 2.65. The van der Waals surface area contributed by atoms with E-state index in [1.807, 2.05) is 36.4 Å². The highest BCUT2D eigenvalue weighted by Gasteiger charge is 2.13. The molecule has 0 aliphatic heterocycles. The maximum atomic E-state index is 12.1. The number of hydrogen-bond acceptors (Lipinski definition) is 2. The molecule has 0 saturated heterocycles. The Bertz CT molecular complexity index is 689. The standard InChI is InChI=1S/C19H21IN2O2/c1-2-14(15-8-4-3-5-9-15)12-21-18(23)13-22-19(24)16-10-6-7-11-17(16)20/h3-11,14H,2,12-13H2,1H3,(H,21,23)(H,22,24). The summed E-state index contributed by atoms with van der Waals surface area (Å²) in [7, 11) is 0. The lowest BCUT2D eigenvalue weighted by molar-refractivity contribution is -0.120. The SMILES string of the molecule is CCC(CNC(=O)CNC(=O)c1ccccc1I)c1ccccc1. The lowest BCUT2D eigenvalue weighted by Crippen LogP contribution is -2.38. The fraction of sp³-hybridized carbons (Fsp3) is 0.263. The number of halogens is 1. The largest absolute Gasteiger partial charge is 0.354 e. The van der Waals surface area contributed by atoms with E-state index in [0.717, 1.165) is 9.99 Å². The Morgan fingerprint density at radius 3 is 2.33 bits per heavy atom. The average Bonchev–Trinajstić information content (AvgIpc) is 2.61. The van der Waals surface area contributed by atoms with Crippen LogP contribution in [0, 0.1) is 3.57 Å². The first kappa shape index (κ1) is 18.4. The van der Waals surface area contributed by atoms with E-state index in [-0.39, 0.29) is 24.3 Å². The van der Waals surface area contributed by atoms with Crippen molar-refractivity contribution in [1.29, 1.82) is 0 Å². The van der Waals surface area contributed by atoms with E-state index in [1.165, 1.54) is 5.56 Å². The third-order valence-corrected chi connectivity index (χ3v) is 4.78. The molecule has 0 aliphatic rings. The van der Waals surface area contributed by atoms with Gasteiger partial charge < -0.3 is 10.6 Å². The Hall–Kier alpha value is -1.89. The van der Waals surface area contributed by atoms with E-state index in [2.05, 4.69) is 52.3 Å². The highest BCUT2D eigenvalue weighted by molar-refractivity contribution is 14.1. The molecule has 1 unspecified atom stereocenters. The summed E-state index contributed by atoms with van der Waals surface area (Å²) in [6, 6.07) is 17.4. The molecule has 0 aliphatic carbocycles. The van der Waals surface area contributed by atoms with E-state index in [1.54, 1.807) is 6.07 Å². The van der Waals surface area contributed by atoms with E-state index in [0.29, 0.717) is 12.1 Å². The first-order chi connectivity index (χ1) is 11.6.